The minimum atomic E-state index is -0.511. The van der Waals surface area contributed by atoms with Crippen LogP contribution in [-0.2, 0) is 5.54 Å². The van der Waals surface area contributed by atoms with Crippen molar-refractivity contribution in [2.75, 3.05) is 6.61 Å². The number of hydrogen-bond acceptors (Lipinski definition) is 2. The molecule has 90 valence electrons. The lowest BCUT2D eigenvalue weighted by Gasteiger charge is -2.32. The molecular formula is C13H20FNO. The summed E-state index contributed by atoms with van der Waals surface area (Å²) in [7, 11) is 0. The van der Waals surface area contributed by atoms with Gasteiger partial charge in [0, 0.05) is 6.04 Å². The Labute approximate surface area is 96.5 Å². The molecule has 2 unspecified atom stereocenters. The van der Waals surface area contributed by atoms with Crippen LogP contribution in [0.25, 0.3) is 0 Å². The predicted molar refractivity (Wildman–Crippen MR) is 63.7 cm³/mol. The van der Waals surface area contributed by atoms with E-state index in [-0.39, 0.29) is 12.4 Å². The molecule has 0 heterocycles. The maximum absolute atomic E-state index is 12.8. The monoisotopic (exact) mass is 225 g/mol. The lowest BCUT2D eigenvalue weighted by atomic mass is 9.91. The van der Waals surface area contributed by atoms with Crippen LogP contribution in [0, 0.1) is 5.82 Å². The van der Waals surface area contributed by atoms with E-state index in [4.69, 9.17) is 0 Å². The van der Waals surface area contributed by atoms with Crippen LogP contribution >= 0.6 is 0 Å². The SMILES string of the molecule is CCC(C)NC(C)(CO)c1ccc(F)cc1. The summed E-state index contributed by atoms with van der Waals surface area (Å²) in [5.74, 6) is -0.257. The van der Waals surface area contributed by atoms with E-state index in [0.717, 1.165) is 12.0 Å². The van der Waals surface area contributed by atoms with E-state index in [2.05, 4.69) is 19.2 Å². The quantitative estimate of drug-likeness (QED) is 0.806. The van der Waals surface area contributed by atoms with Crippen molar-refractivity contribution in [1.29, 1.82) is 0 Å². The second kappa shape index (κ2) is 5.41. The van der Waals surface area contributed by atoms with Gasteiger partial charge in [0.05, 0.1) is 12.1 Å². The highest BCUT2D eigenvalue weighted by Gasteiger charge is 2.26. The zero-order valence-electron chi connectivity index (χ0n) is 10.1. The van der Waals surface area contributed by atoms with E-state index in [9.17, 15) is 9.50 Å². The molecule has 0 bridgehead atoms. The predicted octanol–water partition coefficient (Wildman–Crippen LogP) is 2.42. The van der Waals surface area contributed by atoms with E-state index < -0.39 is 5.54 Å². The smallest absolute Gasteiger partial charge is 0.123 e. The largest absolute Gasteiger partial charge is 0.394 e. The molecule has 0 saturated carbocycles. The van der Waals surface area contributed by atoms with Gasteiger partial charge in [-0.15, -0.1) is 0 Å². The average molecular weight is 225 g/mol. The molecule has 0 amide bonds. The Morgan fingerprint density at radius 3 is 2.38 bits per heavy atom. The first kappa shape index (κ1) is 13.1. The van der Waals surface area contributed by atoms with Gasteiger partial charge in [-0.1, -0.05) is 19.1 Å². The summed E-state index contributed by atoms with van der Waals surface area (Å²) in [5.41, 5.74) is 0.389. The maximum atomic E-state index is 12.8. The van der Waals surface area contributed by atoms with E-state index in [1.54, 1.807) is 12.1 Å². The van der Waals surface area contributed by atoms with E-state index in [1.807, 2.05) is 6.92 Å². The first-order chi connectivity index (χ1) is 7.51. The van der Waals surface area contributed by atoms with Crippen molar-refractivity contribution in [3.8, 4) is 0 Å². The minimum Gasteiger partial charge on any atom is -0.394 e. The maximum Gasteiger partial charge on any atom is 0.123 e. The first-order valence-corrected chi connectivity index (χ1v) is 5.66. The topological polar surface area (TPSA) is 32.3 Å². The molecule has 2 atom stereocenters. The summed E-state index contributed by atoms with van der Waals surface area (Å²) in [5, 5.41) is 12.9. The molecule has 0 radical (unpaired) electrons. The third kappa shape index (κ3) is 3.03. The number of rotatable bonds is 5. The summed E-state index contributed by atoms with van der Waals surface area (Å²) in [6.07, 6.45) is 0.983. The lowest BCUT2D eigenvalue weighted by molar-refractivity contribution is 0.162. The van der Waals surface area contributed by atoms with Crippen LogP contribution in [0.2, 0.25) is 0 Å². The molecule has 0 aliphatic heterocycles. The van der Waals surface area contributed by atoms with Gasteiger partial charge in [-0.05, 0) is 38.0 Å². The fraction of sp³-hybridized carbons (Fsp3) is 0.538. The standard InChI is InChI=1S/C13H20FNO/c1-4-10(2)15-13(3,9-16)11-5-7-12(14)8-6-11/h5-8,10,15-16H,4,9H2,1-3H3. The van der Waals surface area contributed by atoms with Crippen LogP contribution in [0.1, 0.15) is 32.8 Å². The van der Waals surface area contributed by atoms with Crippen molar-refractivity contribution in [2.45, 2.75) is 38.8 Å². The van der Waals surface area contributed by atoms with E-state index >= 15 is 0 Å². The third-order valence-electron chi connectivity index (χ3n) is 2.97. The molecular weight excluding hydrogens is 205 g/mol. The van der Waals surface area contributed by atoms with Gasteiger partial charge in [0.1, 0.15) is 5.82 Å². The summed E-state index contributed by atoms with van der Waals surface area (Å²) in [6, 6.07) is 6.56. The Morgan fingerprint density at radius 2 is 1.94 bits per heavy atom. The minimum absolute atomic E-state index is 0.0109. The Bertz CT molecular complexity index is 325. The number of hydrogen-bond donors (Lipinski definition) is 2. The summed E-state index contributed by atoms with van der Waals surface area (Å²) >= 11 is 0. The molecule has 2 N–H and O–H groups in total. The van der Waals surface area contributed by atoms with Crippen molar-refractivity contribution >= 4 is 0 Å². The molecule has 0 aromatic heterocycles. The summed E-state index contributed by atoms with van der Waals surface area (Å²) in [6.45, 7) is 6.06. The molecule has 2 nitrogen and oxygen atoms in total. The Hall–Kier alpha value is -0.930. The number of aliphatic hydroxyl groups excluding tert-OH is 1. The second-order valence-corrected chi connectivity index (χ2v) is 4.45. The number of aliphatic hydroxyl groups is 1. The molecule has 3 heteroatoms. The number of benzene rings is 1. The van der Waals surface area contributed by atoms with Gasteiger partial charge in [0.15, 0.2) is 0 Å². The zero-order chi connectivity index (χ0) is 12.2. The van der Waals surface area contributed by atoms with Gasteiger partial charge in [0.2, 0.25) is 0 Å². The average Bonchev–Trinajstić information content (AvgIpc) is 2.29. The highest BCUT2D eigenvalue weighted by Crippen LogP contribution is 2.21. The van der Waals surface area contributed by atoms with Crippen molar-refractivity contribution in [3.05, 3.63) is 35.6 Å². The van der Waals surface area contributed by atoms with Gasteiger partial charge >= 0.3 is 0 Å². The molecule has 1 aromatic rings. The Balaban J connectivity index is 2.90. The highest BCUT2D eigenvalue weighted by molar-refractivity contribution is 5.24. The van der Waals surface area contributed by atoms with Crippen LogP contribution in [0.15, 0.2) is 24.3 Å². The van der Waals surface area contributed by atoms with Crippen LogP contribution in [0.4, 0.5) is 4.39 Å². The van der Waals surface area contributed by atoms with Gasteiger partial charge in [-0.25, -0.2) is 4.39 Å². The van der Waals surface area contributed by atoms with Crippen molar-refractivity contribution < 1.29 is 9.50 Å². The molecule has 1 aromatic carbocycles. The van der Waals surface area contributed by atoms with Crippen molar-refractivity contribution in [3.63, 3.8) is 0 Å². The fourth-order valence-electron chi connectivity index (χ4n) is 1.68. The zero-order valence-corrected chi connectivity index (χ0v) is 10.1. The van der Waals surface area contributed by atoms with E-state index in [0.29, 0.717) is 6.04 Å². The van der Waals surface area contributed by atoms with Crippen LogP contribution in [-0.4, -0.2) is 17.8 Å². The lowest BCUT2D eigenvalue weighted by Crippen LogP contribution is -2.47. The number of nitrogens with one attached hydrogen (secondary N) is 1. The Morgan fingerprint density at radius 1 is 1.38 bits per heavy atom. The molecule has 0 saturated heterocycles. The van der Waals surface area contributed by atoms with Crippen molar-refractivity contribution in [1.82, 2.24) is 5.32 Å². The van der Waals surface area contributed by atoms with Crippen LogP contribution in [0.3, 0.4) is 0 Å². The van der Waals surface area contributed by atoms with Crippen molar-refractivity contribution in [2.24, 2.45) is 0 Å². The van der Waals surface area contributed by atoms with Crippen LogP contribution in [0.5, 0.6) is 0 Å². The summed E-state index contributed by atoms with van der Waals surface area (Å²) < 4.78 is 12.8. The van der Waals surface area contributed by atoms with Gasteiger partial charge in [-0.2, -0.15) is 0 Å². The Kier molecular flexibility index (Phi) is 4.44. The molecule has 0 aliphatic rings. The van der Waals surface area contributed by atoms with E-state index in [1.165, 1.54) is 12.1 Å². The van der Waals surface area contributed by atoms with Crippen LogP contribution < -0.4 is 5.32 Å². The third-order valence-corrected chi connectivity index (χ3v) is 2.97. The first-order valence-electron chi connectivity index (χ1n) is 5.66. The molecule has 16 heavy (non-hydrogen) atoms. The normalized spacial score (nSPS) is 16.8. The number of halogens is 1. The van der Waals surface area contributed by atoms with Gasteiger partial charge in [-0.3, -0.25) is 0 Å². The fourth-order valence-corrected chi connectivity index (χ4v) is 1.68. The summed E-state index contributed by atoms with van der Waals surface area (Å²) in [4.78, 5) is 0. The molecule has 0 aliphatic carbocycles. The van der Waals surface area contributed by atoms with Gasteiger partial charge < -0.3 is 10.4 Å². The molecule has 0 fully saturated rings. The van der Waals surface area contributed by atoms with Gasteiger partial charge in [0.25, 0.3) is 0 Å². The molecule has 0 spiro atoms. The highest BCUT2D eigenvalue weighted by atomic mass is 19.1. The second-order valence-electron chi connectivity index (χ2n) is 4.45. The molecule has 1 rings (SSSR count).